The summed E-state index contributed by atoms with van der Waals surface area (Å²) in [5.74, 6) is 0.508. The van der Waals surface area contributed by atoms with Crippen molar-refractivity contribution in [3.05, 3.63) is 23.3 Å². The van der Waals surface area contributed by atoms with Crippen LogP contribution in [0.4, 0.5) is 5.69 Å². The van der Waals surface area contributed by atoms with Crippen molar-refractivity contribution in [1.29, 1.82) is 0 Å². The predicted molar refractivity (Wildman–Crippen MR) is 71.5 cm³/mol. The highest BCUT2D eigenvalue weighted by Crippen LogP contribution is 2.33. The van der Waals surface area contributed by atoms with E-state index in [1.807, 2.05) is 19.9 Å². The average molecular weight is 248 g/mol. The Kier molecular flexibility index (Phi) is 3.57. The number of phenols is 1. The number of hydrogen-bond acceptors (Lipinski definition) is 3. The van der Waals surface area contributed by atoms with Gasteiger partial charge in [0, 0.05) is 0 Å². The van der Waals surface area contributed by atoms with E-state index in [4.69, 9.17) is 5.73 Å². The van der Waals surface area contributed by atoms with Crippen molar-refractivity contribution >= 4 is 11.6 Å². The zero-order valence-electron chi connectivity index (χ0n) is 10.9. The van der Waals surface area contributed by atoms with Crippen LogP contribution in [0.15, 0.2) is 12.1 Å². The van der Waals surface area contributed by atoms with Crippen molar-refractivity contribution in [2.24, 2.45) is 11.7 Å². The maximum atomic E-state index is 11.9. The van der Waals surface area contributed by atoms with Crippen molar-refractivity contribution in [2.45, 2.75) is 39.2 Å². The first-order chi connectivity index (χ1) is 8.47. The number of aromatic hydroxyl groups is 1. The van der Waals surface area contributed by atoms with Crippen molar-refractivity contribution in [3.63, 3.8) is 0 Å². The minimum atomic E-state index is -0.488. The van der Waals surface area contributed by atoms with E-state index in [-0.39, 0.29) is 11.7 Å². The monoisotopic (exact) mass is 248 g/mol. The Balaban J connectivity index is 2.05. The highest BCUT2D eigenvalue weighted by atomic mass is 16.3. The molecule has 0 radical (unpaired) electrons. The number of carbonyl (C=O) groups is 1. The number of nitrogens with one attached hydrogen (secondary N) is 1. The third-order valence-corrected chi connectivity index (χ3v) is 3.32. The Morgan fingerprint density at radius 2 is 2.17 bits per heavy atom. The molecular formula is C14H20N2O2. The summed E-state index contributed by atoms with van der Waals surface area (Å²) < 4.78 is 0. The number of nitrogens with two attached hydrogens (primary N) is 1. The van der Waals surface area contributed by atoms with Crippen molar-refractivity contribution in [2.75, 3.05) is 5.32 Å². The summed E-state index contributed by atoms with van der Waals surface area (Å²) in [5, 5.41) is 12.6. The Labute approximate surface area is 107 Å². The molecule has 18 heavy (non-hydrogen) atoms. The van der Waals surface area contributed by atoms with Crippen LogP contribution in [0.5, 0.6) is 5.75 Å². The predicted octanol–water partition coefficient (Wildman–Crippen LogP) is 2.07. The molecule has 0 aliphatic heterocycles. The average Bonchev–Trinajstić information content (AvgIpc) is 3.08. The quantitative estimate of drug-likeness (QED) is 0.714. The smallest absolute Gasteiger partial charge is 0.241 e. The molecule has 98 valence electrons. The lowest BCUT2D eigenvalue weighted by molar-refractivity contribution is -0.117. The lowest BCUT2D eigenvalue weighted by Crippen LogP contribution is -2.36. The van der Waals surface area contributed by atoms with Crippen molar-refractivity contribution < 1.29 is 9.90 Å². The molecule has 1 unspecified atom stereocenters. The molecule has 0 spiro atoms. The van der Waals surface area contributed by atoms with Gasteiger partial charge in [0.2, 0.25) is 5.91 Å². The van der Waals surface area contributed by atoms with E-state index in [2.05, 4.69) is 5.32 Å². The lowest BCUT2D eigenvalue weighted by Gasteiger charge is -2.14. The van der Waals surface area contributed by atoms with Crippen LogP contribution in [0.25, 0.3) is 0 Å². The Bertz CT molecular complexity index is 467. The van der Waals surface area contributed by atoms with Crippen LogP contribution in [0.3, 0.4) is 0 Å². The molecule has 1 atom stereocenters. The van der Waals surface area contributed by atoms with Crippen LogP contribution in [0.1, 0.15) is 30.4 Å². The Hall–Kier alpha value is -1.55. The minimum Gasteiger partial charge on any atom is -0.505 e. The van der Waals surface area contributed by atoms with E-state index in [9.17, 15) is 9.90 Å². The van der Waals surface area contributed by atoms with Crippen molar-refractivity contribution in [1.82, 2.24) is 0 Å². The molecule has 1 saturated carbocycles. The molecule has 1 fully saturated rings. The third kappa shape index (κ3) is 3.01. The number of hydrogen-bond donors (Lipinski definition) is 3. The van der Waals surface area contributed by atoms with Crippen molar-refractivity contribution in [3.8, 4) is 5.75 Å². The Morgan fingerprint density at radius 3 is 2.78 bits per heavy atom. The van der Waals surface area contributed by atoms with E-state index in [1.54, 1.807) is 6.07 Å². The minimum absolute atomic E-state index is 0.118. The molecule has 1 aromatic rings. The van der Waals surface area contributed by atoms with Crippen LogP contribution in [0.2, 0.25) is 0 Å². The second-order valence-electron chi connectivity index (χ2n) is 5.25. The van der Waals surface area contributed by atoms with Crippen LogP contribution < -0.4 is 11.1 Å². The summed E-state index contributed by atoms with van der Waals surface area (Å²) in [5.41, 5.74) is 8.03. The van der Waals surface area contributed by atoms with Gasteiger partial charge in [0.25, 0.3) is 0 Å². The first-order valence-electron chi connectivity index (χ1n) is 6.34. The summed E-state index contributed by atoms with van der Waals surface area (Å²) >= 11 is 0. The number of carbonyl (C=O) groups excluding carboxylic acids is 1. The van der Waals surface area contributed by atoms with E-state index in [0.29, 0.717) is 11.6 Å². The molecule has 0 saturated heterocycles. The standard InChI is InChI=1S/C14H20N2O2/c1-8-5-9(2)13(17)12(6-8)16-14(18)11(15)7-10-3-4-10/h5-6,10-11,17H,3-4,7,15H2,1-2H3,(H,16,18). The fourth-order valence-corrected chi connectivity index (χ4v) is 2.10. The normalized spacial score (nSPS) is 16.4. The van der Waals surface area contributed by atoms with Crippen LogP contribution in [0, 0.1) is 19.8 Å². The van der Waals surface area contributed by atoms with Gasteiger partial charge in [-0.25, -0.2) is 0 Å². The molecule has 1 aliphatic carbocycles. The second kappa shape index (κ2) is 4.98. The maximum absolute atomic E-state index is 11.9. The first kappa shape index (κ1) is 12.9. The summed E-state index contributed by atoms with van der Waals surface area (Å²) in [6.45, 7) is 3.73. The van der Waals surface area contributed by atoms with Gasteiger partial charge >= 0.3 is 0 Å². The van der Waals surface area contributed by atoms with Gasteiger partial charge in [-0.15, -0.1) is 0 Å². The SMILES string of the molecule is Cc1cc(C)c(O)c(NC(=O)C(N)CC2CC2)c1. The van der Waals surface area contributed by atoms with E-state index >= 15 is 0 Å². The summed E-state index contributed by atoms with van der Waals surface area (Å²) in [6.07, 6.45) is 3.09. The molecule has 0 bridgehead atoms. The van der Waals surface area contributed by atoms with Gasteiger partial charge in [0.05, 0.1) is 11.7 Å². The molecule has 4 nitrogen and oxygen atoms in total. The van der Waals surface area contributed by atoms with Gasteiger partial charge in [-0.1, -0.05) is 18.9 Å². The zero-order valence-corrected chi connectivity index (χ0v) is 10.9. The van der Waals surface area contributed by atoms with Crippen LogP contribution >= 0.6 is 0 Å². The maximum Gasteiger partial charge on any atom is 0.241 e. The van der Waals surface area contributed by atoms with Gasteiger partial charge in [0.15, 0.2) is 0 Å². The molecular weight excluding hydrogens is 228 g/mol. The molecule has 1 aliphatic rings. The largest absolute Gasteiger partial charge is 0.505 e. The van der Waals surface area contributed by atoms with Gasteiger partial charge in [-0.2, -0.15) is 0 Å². The number of rotatable bonds is 4. The molecule has 1 amide bonds. The van der Waals surface area contributed by atoms with Crippen LogP contribution in [-0.2, 0) is 4.79 Å². The van der Waals surface area contributed by atoms with E-state index in [1.165, 1.54) is 12.8 Å². The molecule has 0 aromatic heterocycles. The fraction of sp³-hybridized carbons (Fsp3) is 0.500. The molecule has 4 N–H and O–H groups in total. The fourth-order valence-electron chi connectivity index (χ4n) is 2.10. The van der Waals surface area contributed by atoms with Gasteiger partial charge in [-0.05, 0) is 43.4 Å². The van der Waals surface area contributed by atoms with E-state index < -0.39 is 6.04 Å². The number of anilines is 1. The van der Waals surface area contributed by atoms with E-state index in [0.717, 1.165) is 17.5 Å². The second-order valence-corrected chi connectivity index (χ2v) is 5.25. The molecule has 0 heterocycles. The number of amides is 1. The summed E-state index contributed by atoms with van der Waals surface area (Å²) in [4.78, 5) is 11.9. The number of aryl methyl sites for hydroxylation is 2. The Morgan fingerprint density at radius 1 is 1.50 bits per heavy atom. The first-order valence-corrected chi connectivity index (χ1v) is 6.34. The molecule has 4 heteroatoms. The lowest BCUT2D eigenvalue weighted by atomic mass is 10.1. The highest BCUT2D eigenvalue weighted by Gasteiger charge is 2.27. The summed E-state index contributed by atoms with van der Waals surface area (Å²) in [7, 11) is 0. The van der Waals surface area contributed by atoms with Crippen LogP contribution in [-0.4, -0.2) is 17.1 Å². The number of benzene rings is 1. The molecule has 1 aromatic carbocycles. The third-order valence-electron chi connectivity index (χ3n) is 3.32. The number of phenolic OH excluding ortho intramolecular Hbond substituents is 1. The topological polar surface area (TPSA) is 75.3 Å². The van der Waals surface area contributed by atoms with Gasteiger partial charge in [-0.3, -0.25) is 4.79 Å². The zero-order chi connectivity index (χ0) is 13.3. The van der Waals surface area contributed by atoms with Gasteiger partial charge < -0.3 is 16.2 Å². The van der Waals surface area contributed by atoms with Gasteiger partial charge in [0.1, 0.15) is 5.75 Å². The highest BCUT2D eigenvalue weighted by molar-refractivity contribution is 5.96. The molecule has 2 rings (SSSR count). The summed E-state index contributed by atoms with van der Waals surface area (Å²) in [6, 6.07) is 3.14.